The minimum Gasteiger partial charge on any atom is -0.356 e. The second-order valence-corrected chi connectivity index (χ2v) is 5.21. The topological polar surface area (TPSA) is 67.1 Å². The van der Waals surface area contributed by atoms with Crippen LogP contribution in [0.1, 0.15) is 12.0 Å². The van der Waals surface area contributed by atoms with E-state index in [-0.39, 0.29) is 0 Å². The quantitative estimate of drug-likeness (QED) is 0.353. The molecule has 6 nitrogen and oxygen atoms in total. The SMILES string of the molecule is CN=C(NCCCn1ccnc1)NCCc1ccc(Cl)nc1. The molecule has 22 heavy (non-hydrogen) atoms. The third kappa shape index (κ3) is 5.73. The zero-order valence-corrected chi connectivity index (χ0v) is 13.4. The highest BCUT2D eigenvalue weighted by atomic mass is 35.5. The molecule has 0 amide bonds. The summed E-state index contributed by atoms with van der Waals surface area (Å²) in [5.74, 6) is 0.813. The van der Waals surface area contributed by atoms with Crippen molar-refractivity contribution in [2.45, 2.75) is 19.4 Å². The number of nitrogens with one attached hydrogen (secondary N) is 2. The predicted molar refractivity (Wildman–Crippen MR) is 89.2 cm³/mol. The molecule has 2 rings (SSSR count). The molecule has 0 aliphatic rings. The second kappa shape index (κ2) is 9.04. The van der Waals surface area contributed by atoms with Crippen LogP contribution >= 0.6 is 11.6 Å². The number of nitrogens with zero attached hydrogens (tertiary/aromatic N) is 4. The number of hydrogen-bond acceptors (Lipinski definition) is 3. The van der Waals surface area contributed by atoms with Crippen molar-refractivity contribution in [3.63, 3.8) is 0 Å². The second-order valence-electron chi connectivity index (χ2n) is 4.82. The maximum absolute atomic E-state index is 5.77. The molecule has 0 saturated heterocycles. The Morgan fingerprint density at radius 1 is 1.32 bits per heavy atom. The number of guanidine groups is 1. The van der Waals surface area contributed by atoms with E-state index in [9.17, 15) is 0 Å². The van der Waals surface area contributed by atoms with Crippen molar-refractivity contribution in [2.24, 2.45) is 4.99 Å². The summed E-state index contributed by atoms with van der Waals surface area (Å²) < 4.78 is 2.06. The molecule has 2 aromatic heterocycles. The molecule has 0 unspecified atom stereocenters. The van der Waals surface area contributed by atoms with Gasteiger partial charge in [0.15, 0.2) is 5.96 Å². The van der Waals surface area contributed by atoms with E-state index < -0.39 is 0 Å². The molecule has 0 radical (unpaired) electrons. The van der Waals surface area contributed by atoms with Gasteiger partial charge in [-0.05, 0) is 24.5 Å². The molecule has 0 aromatic carbocycles. The van der Waals surface area contributed by atoms with Crippen LogP contribution in [-0.2, 0) is 13.0 Å². The third-order valence-electron chi connectivity index (χ3n) is 3.16. The van der Waals surface area contributed by atoms with Gasteiger partial charge in [0.25, 0.3) is 0 Å². The lowest BCUT2D eigenvalue weighted by Crippen LogP contribution is -2.38. The third-order valence-corrected chi connectivity index (χ3v) is 3.39. The first-order valence-corrected chi connectivity index (χ1v) is 7.66. The fraction of sp³-hybridized carbons (Fsp3) is 0.400. The molecule has 2 N–H and O–H groups in total. The van der Waals surface area contributed by atoms with Crippen molar-refractivity contribution in [1.82, 2.24) is 25.2 Å². The van der Waals surface area contributed by atoms with Gasteiger partial charge in [0.05, 0.1) is 6.33 Å². The number of rotatable bonds is 7. The molecule has 0 bridgehead atoms. The van der Waals surface area contributed by atoms with Crippen molar-refractivity contribution in [1.29, 1.82) is 0 Å². The number of aliphatic imine (C=N–C) groups is 1. The lowest BCUT2D eigenvalue weighted by molar-refractivity contribution is 0.624. The Balaban J connectivity index is 1.61. The van der Waals surface area contributed by atoms with Crippen LogP contribution in [0.2, 0.25) is 5.15 Å². The van der Waals surface area contributed by atoms with E-state index >= 15 is 0 Å². The molecule has 0 atom stereocenters. The first-order chi connectivity index (χ1) is 10.8. The van der Waals surface area contributed by atoms with Gasteiger partial charge in [-0.2, -0.15) is 0 Å². The first kappa shape index (κ1) is 16.3. The van der Waals surface area contributed by atoms with Gasteiger partial charge in [0.2, 0.25) is 0 Å². The van der Waals surface area contributed by atoms with Gasteiger partial charge < -0.3 is 15.2 Å². The average molecular weight is 321 g/mol. The van der Waals surface area contributed by atoms with Crippen LogP contribution in [-0.4, -0.2) is 40.6 Å². The first-order valence-electron chi connectivity index (χ1n) is 7.28. The predicted octanol–water partition coefficient (Wildman–Crippen LogP) is 1.73. The average Bonchev–Trinajstić information content (AvgIpc) is 3.05. The van der Waals surface area contributed by atoms with Crippen molar-refractivity contribution in [2.75, 3.05) is 20.1 Å². The monoisotopic (exact) mass is 320 g/mol. The minimum absolute atomic E-state index is 0.520. The zero-order valence-electron chi connectivity index (χ0n) is 12.7. The lowest BCUT2D eigenvalue weighted by Gasteiger charge is -2.12. The normalized spacial score (nSPS) is 11.5. The number of aryl methyl sites for hydroxylation is 1. The number of pyridine rings is 1. The van der Waals surface area contributed by atoms with E-state index in [2.05, 4.69) is 30.2 Å². The van der Waals surface area contributed by atoms with Gasteiger partial charge in [0.1, 0.15) is 5.15 Å². The van der Waals surface area contributed by atoms with Crippen molar-refractivity contribution < 1.29 is 0 Å². The molecular formula is C15H21ClN6. The molecule has 0 fully saturated rings. The largest absolute Gasteiger partial charge is 0.356 e. The molecule has 0 saturated carbocycles. The Hall–Kier alpha value is -2.08. The molecule has 7 heteroatoms. The summed E-state index contributed by atoms with van der Waals surface area (Å²) in [5.41, 5.74) is 1.15. The molecular weight excluding hydrogens is 300 g/mol. The van der Waals surface area contributed by atoms with E-state index in [1.807, 2.05) is 18.6 Å². The number of aromatic nitrogens is 3. The van der Waals surface area contributed by atoms with Crippen LogP contribution in [0.5, 0.6) is 0 Å². The van der Waals surface area contributed by atoms with E-state index in [1.165, 1.54) is 0 Å². The summed E-state index contributed by atoms with van der Waals surface area (Å²) in [7, 11) is 1.77. The smallest absolute Gasteiger partial charge is 0.190 e. The maximum Gasteiger partial charge on any atom is 0.190 e. The molecule has 118 valence electrons. The van der Waals surface area contributed by atoms with E-state index in [4.69, 9.17) is 11.6 Å². The number of imidazole rings is 1. The van der Waals surface area contributed by atoms with E-state index in [0.717, 1.165) is 44.0 Å². The highest BCUT2D eigenvalue weighted by Gasteiger charge is 1.99. The van der Waals surface area contributed by atoms with Crippen LogP contribution in [0.25, 0.3) is 0 Å². The van der Waals surface area contributed by atoms with Gasteiger partial charge in [-0.15, -0.1) is 0 Å². The summed E-state index contributed by atoms with van der Waals surface area (Å²) in [6, 6.07) is 3.79. The van der Waals surface area contributed by atoms with Gasteiger partial charge in [-0.3, -0.25) is 4.99 Å². The van der Waals surface area contributed by atoms with Crippen LogP contribution in [0.4, 0.5) is 0 Å². The van der Waals surface area contributed by atoms with Gasteiger partial charge in [0, 0.05) is 45.3 Å². The van der Waals surface area contributed by atoms with Gasteiger partial charge in [-0.25, -0.2) is 9.97 Å². The van der Waals surface area contributed by atoms with Crippen molar-refractivity contribution >= 4 is 17.6 Å². The highest BCUT2D eigenvalue weighted by molar-refractivity contribution is 6.29. The van der Waals surface area contributed by atoms with Crippen molar-refractivity contribution in [3.8, 4) is 0 Å². The Kier molecular flexibility index (Phi) is 6.70. The summed E-state index contributed by atoms with van der Waals surface area (Å²) in [6.45, 7) is 2.60. The van der Waals surface area contributed by atoms with Crippen LogP contribution in [0, 0.1) is 0 Å². The molecule has 0 aliphatic heterocycles. The number of halogens is 1. The zero-order chi connectivity index (χ0) is 15.6. The Bertz CT molecular complexity index is 564. The van der Waals surface area contributed by atoms with Crippen molar-refractivity contribution in [3.05, 3.63) is 47.8 Å². The fourth-order valence-corrected chi connectivity index (χ4v) is 2.10. The molecule has 2 aromatic rings. The summed E-state index contributed by atoms with van der Waals surface area (Å²) in [5, 5.41) is 7.10. The van der Waals surface area contributed by atoms with Gasteiger partial charge >= 0.3 is 0 Å². The molecule has 0 spiro atoms. The number of hydrogen-bond donors (Lipinski definition) is 2. The Labute approximate surface area is 135 Å². The van der Waals surface area contributed by atoms with E-state index in [0.29, 0.717) is 5.15 Å². The summed E-state index contributed by atoms with van der Waals surface area (Å²) >= 11 is 5.77. The Morgan fingerprint density at radius 2 is 2.18 bits per heavy atom. The Morgan fingerprint density at radius 3 is 2.86 bits per heavy atom. The summed E-state index contributed by atoms with van der Waals surface area (Å²) in [6.07, 6.45) is 9.27. The van der Waals surface area contributed by atoms with Crippen LogP contribution in [0.3, 0.4) is 0 Å². The van der Waals surface area contributed by atoms with Crippen LogP contribution in [0.15, 0.2) is 42.0 Å². The minimum atomic E-state index is 0.520. The van der Waals surface area contributed by atoms with Gasteiger partial charge in [-0.1, -0.05) is 17.7 Å². The van der Waals surface area contributed by atoms with Crippen LogP contribution < -0.4 is 10.6 Å². The summed E-state index contributed by atoms with van der Waals surface area (Å²) in [4.78, 5) is 12.3. The molecule has 2 heterocycles. The fourth-order valence-electron chi connectivity index (χ4n) is 1.99. The highest BCUT2D eigenvalue weighted by Crippen LogP contribution is 2.05. The van der Waals surface area contributed by atoms with E-state index in [1.54, 1.807) is 25.5 Å². The molecule has 0 aliphatic carbocycles. The lowest BCUT2D eigenvalue weighted by atomic mass is 10.2. The standard InChI is InChI=1S/C15H21ClN6/c1-17-15(19-6-2-9-22-10-8-18-12-22)20-7-5-13-3-4-14(16)21-11-13/h3-4,8,10-12H,2,5-7,9H2,1H3,(H2,17,19,20). The maximum atomic E-state index is 5.77.